The second-order valence-corrected chi connectivity index (χ2v) is 5.21. The molecule has 0 aromatic carbocycles. The van der Waals surface area contributed by atoms with Gasteiger partial charge in [-0.2, -0.15) is 5.10 Å². The van der Waals surface area contributed by atoms with Gasteiger partial charge in [0.25, 0.3) is 5.91 Å². The zero-order valence-electron chi connectivity index (χ0n) is 10.8. The molecular formula is C13H11ClN4O2S. The van der Waals surface area contributed by atoms with Crippen LogP contribution in [0.1, 0.15) is 15.2 Å². The number of amides is 1. The molecule has 0 unspecified atom stereocenters. The van der Waals surface area contributed by atoms with Crippen molar-refractivity contribution >= 4 is 35.1 Å². The normalized spacial score (nSPS) is 10.7. The molecule has 0 aliphatic rings. The lowest BCUT2D eigenvalue weighted by Gasteiger charge is -1.98. The van der Waals surface area contributed by atoms with Crippen LogP contribution in [0.25, 0.3) is 0 Å². The Hall–Kier alpha value is -2.25. The molecule has 0 fully saturated rings. The van der Waals surface area contributed by atoms with Crippen molar-refractivity contribution in [2.45, 2.75) is 6.54 Å². The summed E-state index contributed by atoms with van der Waals surface area (Å²) >= 11 is 7.00. The van der Waals surface area contributed by atoms with Crippen LogP contribution >= 0.6 is 22.9 Å². The van der Waals surface area contributed by atoms with Crippen molar-refractivity contribution in [1.82, 2.24) is 15.0 Å². The van der Waals surface area contributed by atoms with E-state index in [2.05, 4.69) is 22.1 Å². The second kappa shape index (κ2) is 6.96. The number of allylic oxidation sites excluding steroid dienone is 1. The number of carbonyl (C=O) groups is 1. The Kier molecular flexibility index (Phi) is 5.02. The Balaban J connectivity index is 2.09. The van der Waals surface area contributed by atoms with Crippen LogP contribution in [-0.4, -0.2) is 21.7 Å². The molecule has 1 N–H and O–H groups in total. The van der Waals surface area contributed by atoms with Gasteiger partial charge in [-0.3, -0.25) is 19.1 Å². The highest BCUT2D eigenvalue weighted by molar-refractivity contribution is 7.11. The number of hydrazone groups is 1. The molecule has 2 aromatic heterocycles. The van der Waals surface area contributed by atoms with Gasteiger partial charge in [0.05, 0.1) is 11.1 Å². The topological polar surface area (TPSA) is 76.3 Å². The van der Waals surface area contributed by atoms with E-state index in [1.165, 1.54) is 23.2 Å². The Morgan fingerprint density at radius 1 is 1.52 bits per heavy atom. The minimum Gasteiger partial charge on any atom is -0.285 e. The third-order valence-corrected chi connectivity index (χ3v) is 3.89. The molecule has 108 valence electrons. The van der Waals surface area contributed by atoms with Gasteiger partial charge in [-0.15, -0.1) is 6.58 Å². The number of hydrogen-bond donors (Lipinski definition) is 1. The number of carbonyl (C=O) groups excluding carboxylic acids is 1. The first-order chi connectivity index (χ1) is 10.1. The van der Waals surface area contributed by atoms with Gasteiger partial charge < -0.3 is 0 Å². The third kappa shape index (κ3) is 3.65. The number of pyridine rings is 1. The van der Waals surface area contributed by atoms with E-state index in [1.54, 1.807) is 18.2 Å². The number of nitrogens with zero attached hydrogens (tertiary/aromatic N) is 3. The fourth-order valence-electron chi connectivity index (χ4n) is 1.49. The molecule has 0 aliphatic heterocycles. The molecule has 6 nitrogen and oxygen atoms in total. The van der Waals surface area contributed by atoms with Crippen molar-refractivity contribution < 1.29 is 4.79 Å². The molecule has 0 aliphatic carbocycles. The first kappa shape index (κ1) is 15.1. The summed E-state index contributed by atoms with van der Waals surface area (Å²) in [6.07, 6.45) is 5.94. The quantitative estimate of drug-likeness (QED) is 0.519. The molecule has 2 aromatic rings. The minimum absolute atomic E-state index is 0.207. The van der Waals surface area contributed by atoms with Crippen molar-refractivity contribution in [1.29, 1.82) is 0 Å². The summed E-state index contributed by atoms with van der Waals surface area (Å²) in [6, 6.07) is 3.13. The lowest BCUT2D eigenvalue weighted by atomic mass is 10.3. The van der Waals surface area contributed by atoms with E-state index in [9.17, 15) is 9.59 Å². The number of nitrogens with one attached hydrogen (secondary N) is 1. The van der Waals surface area contributed by atoms with Crippen molar-refractivity contribution in [2.75, 3.05) is 0 Å². The highest BCUT2D eigenvalue weighted by Gasteiger charge is 2.10. The van der Waals surface area contributed by atoms with E-state index >= 15 is 0 Å². The number of thiazole rings is 1. The minimum atomic E-state index is -0.373. The first-order valence-electron chi connectivity index (χ1n) is 5.87. The molecular weight excluding hydrogens is 312 g/mol. The Morgan fingerprint density at radius 3 is 2.90 bits per heavy atom. The summed E-state index contributed by atoms with van der Waals surface area (Å²) in [7, 11) is 0. The Labute approximate surface area is 129 Å². The number of aromatic nitrogens is 2. The number of rotatable bonds is 5. The lowest BCUT2D eigenvalue weighted by Crippen LogP contribution is -2.17. The van der Waals surface area contributed by atoms with Gasteiger partial charge >= 0.3 is 4.87 Å². The Bertz CT molecular complexity index is 736. The molecule has 2 heterocycles. The summed E-state index contributed by atoms with van der Waals surface area (Å²) in [4.78, 5) is 27.5. The average molecular weight is 323 g/mol. The van der Waals surface area contributed by atoms with E-state index in [0.717, 1.165) is 11.3 Å². The van der Waals surface area contributed by atoms with Gasteiger partial charge in [0.15, 0.2) is 0 Å². The number of hydrogen-bond acceptors (Lipinski definition) is 5. The fourth-order valence-corrected chi connectivity index (χ4v) is 2.61. The Morgan fingerprint density at radius 2 is 2.24 bits per heavy atom. The largest absolute Gasteiger partial charge is 0.309 e. The molecule has 0 radical (unpaired) electrons. The van der Waals surface area contributed by atoms with Gasteiger partial charge in [0.2, 0.25) is 0 Å². The van der Waals surface area contributed by atoms with Crippen LogP contribution in [0, 0.1) is 0 Å². The summed E-state index contributed by atoms with van der Waals surface area (Å²) < 4.78 is 1.37. The molecule has 0 bridgehead atoms. The maximum atomic E-state index is 11.7. The molecule has 0 saturated carbocycles. The van der Waals surface area contributed by atoms with Crippen molar-refractivity contribution in [2.24, 2.45) is 5.10 Å². The zero-order valence-corrected chi connectivity index (χ0v) is 12.4. The van der Waals surface area contributed by atoms with Crippen LogP contribution in [0.3, 0.4) is 0 Å². The summed E-state index contributed by atoms with van der Waals surface area (Å²) in [5.74, 6) is -0.373. The van der Waals surface area contributed by atoms with E-state index in [1.807, 2.05) is 0 Å². The predicted molar refractivity (Wildman–Crippen MR) is 83.1 cm³/mol. The number of halogens is 1. The third-order valence-electron chi connectivity index (χ3n) is 2.46. The smallest absolute Gasteiger partial charge is 0.285 e. The predicted octanol–water partition coefficient (Wildman–Crippen LogP) is 1.91. The highest BCUT2D eigenvalue weighted by Crippen LogP contribution is 2.16. The summed E-state index contributed by atoms with van der Waals surface area (Å²) in [5.41, 5.74) is 2.79. The molecule has 8 heteroatoms. The van der Waals surface area contributed by atoms with E-state index in [-0.39, 0.29) is 15.9 Å². The summed E-state index contributed by atoms with van der Waals surface area (Å²) in [5, 5.41) is 4.07. The lowest BCUT2D eigenvalue weighted by molar-refractivity contribution is 0.0955. The average Bonchev–Trinajstić information content (AvgIpc) is 2.76. The van der Waals surface area contributed by atoms with Crippen LogP contribution < -0.4 is 10.3 Å². The molecule has 0 atom stereocenters. The second-order valence-electron chi connectivity index (χ2n) is 3.86. The molecule has 2 rings (SSSR count). The van der Waals surface area contributed by atoms with Gasteiger partial charge in [-0.05, 0) is 12.1 Å². The summed E-state index contributed by atoms with van der Waals surface area (Å²) in [6.45, 7) is 3.88. The molecule has 1 amide bonds. The SMILES string of the molecule is C=CCn1c(Cl)c(C=NNC(=O)c2ccncc2)sc1=O. The maximum Gasteiger partial charge on any atom is 0.309 e. The van der Waals surface area contributed by atoms with Gasteiger partial charge in [-0.25, -0.2) is 5.43 Å². The maximum absolute atomic E-state index is 11.7. The monoisotopic (exact) mass is 322 g/mol. The highest BCUT2D eigenvalue weighted by atomic mass is 35.5. The van der Waals surface area contributed by atoms with Crippen LogP contribution in [-0.2, 0) is 6.54 Å². The van der Waals surface area contributed by atoms with E-state index < -0.39 is 0 Å². The fraction of sp³-hybridized carbons (Fsp3) is 0.0769. The zero-order chi connectivity index (χ0) is 15.2. The molecule has 0 saturated heterocycles. The van der Waals surface area contributed by atoms with Gasteiger partial charge in [0, 0.05) is 24.5 Å². The van der Waals surface area contributed by atoms with Gasteiger partial charge in [0.1, 0.15) is 5.15 Å². The van der Waals surface area contributed by atoms with E-state index in [0.29, 0.717) is 17.0 Å². The van der Waals surface area contributed by atoms with E-state index in [4.69, 9.17) is 11.6 Å². The van der Waals surface area contributed by atoms with Crippen molar-refractivity contribution in [3.8, 4) is 0 Å². The van der Waals surface area contributed by atoms with Crippen LogP contribution in [0.2, 0.25) is 5.15 Å². The molecule has 0 spiro atoms. The van der Waals surface area contributed by atoms with Crippen LogP contribution in [0.4, 0.5) is 0 Å². The molecule has 21 heavy (non-hydrogen) atoms. The van der Waals surface area contributed by atoms with Crippen molar-refractivity contribution in [3.63, 3.8) is 0 Å². The standard InChI is InChI=1S/C13H11ClN4O2S/c1-2-7-18-11(14)10(21-13(18)20)8-16-17-12(19)9-3-5-15-6-4-9/h2-6,8H,1,7H2,(H,17,19). The van der Waals surface area contributed by atoms with Crippen molar-refractivity contribution in [3.05, 3.63) is 62.4 Å². The van der Waals surface area contributed by atoms with Gasteiger partial charge in [-0.1, -0.05) is 29.0 Å². The van der Waals surface area contributed by atoms with Crippen LogP contribution in [0.15, 0.2) is 47.1 Å². The first-order valence-corrected chi connectivity index (χ1v) is 7.06. The van der Waals surface area contributed by atoms with Crippen LogP contribution in [0.5, 0.6) is 0 Å².